The standard InChI is InChI=1S/C17H17FO3/c1-11-4-7-14(17(8-11)20-3)16(19)10-21-13-6-5-12(2)15(18)9-13/h4-9H,10H2,1-3H3. The highest BCUT2D eigenvalue weighted by Crippen LogP contribution is 2.21. The number of carbonyl (C=O) groups excluding carboxylic acids is 1. The van der Waals surface area contributed by atoms with Crippen molar-refractivity contribution in [2.24, 2.45) is 0 Å². The first-order valence-electron chi connectivity index (χ1n) is 6.58. The summed E-state index contributed by atoms with van der Waals surface area (Å²) in [5.41, 5.74) is 1.99. The SMILES string of the molecule is COc1cc(C)ccc1C(=O)COc1ccc(C)c(F)c1. The molecule has 0 aliphatic heterocycles. The van der Waals surface area contributed by atoms with Gasteiger partial charge in [-0.05, 0) is 43.2 Å². The Bertz CT molecular complexity index is 665. The van der Waals surface area contributed by atoms with E-state index in [0.29, 0.717) is 22.6 Å². The molecule has 0 spiro atoms. The van der Waals surface area contributed by atoms with Crippen molar-refractivity contribution in [3.8, 4) is 11.5 Å². The van der Waals surface area contributed by atoms with Crippen molar-refractivity contribution in [3.63, 3.8) is 0 Å². The lowest BCUT2D eigenvalue weighted by Crippen LogP contribution is -2.13. The van der Waals surface area contributed by atoms with Crippen molar-refractivity contribution in [1.29, 1.82) is 0 Å². The smallest absolute Gasteiger partial charge is 0.203 e. The van der Waals surface area contributed by atoms with Crippen LogP contribution in [0.25, 0.3) is 0 Å². The van der Waals surface area contributed by atoms with Crippen molar-refractivity contribution >= 4 is 5.78 Å². The van der Waals surface area contributed by atoms with Crippen LogP contribution >= 0.6 is 0 Å². The predicted molar refractivity (Wildman–Crippen MR) is 78.7 cm³/mol. The van der Waals surface area contributed by atoms with Gasteiger partial charge >= 0.3 is 0 Å². The highest BCUT2D eigenvalue weighted by molar-refractivity contribution is 5.99. The number of hydrogen-bond donors (Lipinski definition) is 0. The van der Waals surface area contributed by atoms with Gasteiger partial charge in [0, 0.05) is 6.07 Å². The zero-order valence-corrected chi connectivity index (χ0v) is 12.3. The first-order chi connectivity index (χ1) is 10.0. The van der Waals surface area contributed by atoms with E-state index in [1.165, 1.54) is 13.2 Å². The summed E-state index contributed by atoms with van der Waals surface area (Å²) in [5, 5.41) is 0. The molecule has 0 N–H and O–H groups in total. The molecule has 0 heterocycles. The van der Waals surface area contributed by atoms with Crippen molar-refractivity contribution in [3.05, 3.63) is 58.9 Å². The Morgan fingerprint density at radius 2 is 1.90 bits per heavy atom. The van der Waals surface area contributed by atoms with Gasteiger partial charge in [0.15, 0.2) is 6.61 Å². The highest BCUT2D eigenvalue weighted by atomic mass is 19.1. The fourth-order valence-corrected chi connectivity index (χ4v) is 1.92. The summed E-state index contributed by atoms with van der Waals surface area (Å²) in [4.78, 5) is 12.2. The number of ketones is 1. The minimum absolute atomic E-state index is 0.165. The number of aryl methyl sites for hydroxylation is 2. The van der Waals surface area contributed by atoms with E-state index < -0.39 is 0 Å². The van der Waals surface area contributed by atoms with E-state index >= 15 is 0 Å². The molecule has 0 radical (unpaired) electrons. The molecule has 4 heteroatoms. The van der Waals surface area contributed by atoms with Gasteiger partial charge in [0.05, 0.1) is 12.7 Å². The minimum atomic E-state index is -0.354. The Kier molecular flexibility index (Phi) is 4.58. The van der Waals surface area contributed by atoms with Gasteiger partial charge in [0.1, 0.15) is 17.3 Å². The molecule has 0 saturated heterocycles. The molecule has 2 aromatic carbocycles. The van der Waals surface area contributed by atoms with Crippen LogP contribution in [-0.2, 0) is 0 Å². The van der Waals surface area contributed by atoms with Crippen LogP contribution in [0.4, 0.5) is 4.39 Å². The number of rotatable bonds is 5. The highest BCUT2D eigenvalue weighted by Gasteiger charge is 2.13. The Hall–Kier alpha value is -2.36. The van der Waals surface area contributed by atoms with Crippen molar-refractivity contribution in [2.45, 2.75) is 13.8 Å². The third-order valence-electron chi connectivity index (χ3n) is 3.17. The summed E-state index contributed by atoms with van der Waals surface area (Å²) in [7, 11) is 1.52. The van der Waals surface area contributed by atoms with Crippen molar-refractivity contribution in [1.82, 2.24) is 0 Å². The maximum atomic E-state index is 13.4. The van der Waals surface area contributed by atoms with Gasteiger partial charge in [0.2, 0.25) is 5.78 Å². The molecule has 0 aliphatic rings. The average Bonchev–Trinajstić information content (AvgIpc) is 2.48. The summed E-state index contributed by atoms with van der Waals surface area (Å²) in [5.74, 6) is 0.275. The van der Waals surface area contributed by atoms with Crippen molar-refractivity contribution in [2.75, 3.05) is 13.7 Å². The van der Waals surface area contributed by atoms with Crippen LogP contribution in [0.15, 0.2) is 36.4 Å². The predicted octanol–water partition coefficient (Wildman–Crippen LogP) is 3.71. The molecule has 110 valence electrons. The molecule has 21 heavy (non-hydrogen) atoms. The Balaban J connectivity index is 2.09. The molecule has 0 atom stereocenters. The topological polar surface area (TPSA) is 35.5 Å². The fourth-order valence-electron chi connectivity index (χ4n) is 1.92. The summed E-state index contributed by atoms with van der Waals surface area (Å²) in [6, 6.07) is 9.85. The lowest BCUT2D eigenvalue weighted by molar-refractivity contribution is 0.0918. The van der Waals surface area contributed by atoms with E-state index in [1.807, 2.05) is 13.0 Å². The van der Waals surface area contributed by atoms with Crippen LogP contribution in [0.5, 0.6) is 11.5 Å². The number of carbonyl (C=O) groups is 1. The number of Topliss-reactive ketones (excluding diaryl/α,β-unsaturated/α-hetero) is 1. The molecule has 0 bridgehead atoms. The van der Waals surface area contributed by atoms with Crippen LogP contribution < -0.4 is 9.47 Å². The largest absolute Gasteiger partial charge is 0.496 e. The Morgan fingerprint density at radius 1 is 1.14 bits per heavy atom. The summed E-state index contributed by atoms with van der Waals surface area (Å²) >= 11 is 0. The Morgan fingerprint density at radius 3 is 2.57 bits per heavy atom. The lowest BCUT2D eigenvalue weighted by Gasteiger charge is -2.10. The van der Waals surface area contributed by atoms with E-state index in [4.69, 9.17) is 9.47 Å². The van der Waals surface area contributed by atoms with Crippen molar-refractivity contribution < 1.29 is 18.7 Å². The van der Waals surface area contributed by atoms with Gasteiger partial charge in [0.25, 0.3) is 0 Å². The molecule has 2 rings (SSSR count). The second-order valence-electron chi connectivity index (χ2n) is 4.83. The van der Waals surface area contributed by atoms with E-state index in [1.54, 1.807) is 31.2 Å². The molecule has 0 aliphatic carbocycles. The van der Waals surface area contributed by atoms with Gasteiger partial charge in [-0.1, -0.05) is 12.1 Å². The van der Waals surface area contributed by atoms with Crippen LogP contribution in [0.2, 0.25) is 0 Å². The molecule has 0 saturated carbocycles. The molecule has 0 fully saturated rings. The number of hydrogen-bond acceptors (Lipinski definition) is 3. The van der Waals surface area contributed by atoms with E-state index in [2.05, 4.69) is 0 Å². The van der Waals surface area contributed by atoms with E-state index in [9.17, 15) is 9.18 Å². The van der Waals surface area contributed by atoms with E-state index in [0.717, 1.165) is 5.56 Å². The summed E-state index contributed by atoms with van der Waals surface area (Å²) in [6.07, 6.45) is 0. The third kappa shape index (κ3) is 3.60. The second-order valence-corrected chi connectivity index (χ2v) is 4.83. The number of methoxy groups -OCH3 is 1. The monoisotopic (exact) mass is 288 g/mol. The molecule has 0 aromatic heterocycles. The first kappa shape index (κ1) is 15.0. The number of benzene rings is 2. The molecule has 3 nitrogen and oxygen atoms in total. The zero-order chi connectivity index (χ0) is 15.4. The van der Waals surface area contributed by atoms with Gasteiger partial charge in [-0.3, -0.25) is 4.79 Å². The van der Waals surface area contributed by atoms with Gasteiger partial charge in [-0.25, -0.2) is 4.39 Å². The molecule has 2 aromatic rings. The first-order valence-corrected chi connectivity index (χ1v) is 6.58. The third-order valence-corrected chi connectivity index (χ3v) is 3.17. The fraction of sp³-hybridized carbons (Fsp3) is 0.235. The maximum Gasteiger partial charge on any atom is 0.203 e. The summed E-state index contributed by atoms with van der Waals surface area (Å²) in [6.45, 7) is 3.42. The molecular formula is C17H17FO3. The quantitative estimate of drug-likeness (QED) is 0.787. The number of ether oxygens (including phenoxy) is 2. The van der Waals surface area contributed by atoms with Crippen LogP contribution in [0, 0.1) is 19.7 Å². The van der Waals surface area contributed by atoms with Crippen LogP contribution in [-0.4, -0.2) is 19.5 Å². The van der Waals surface area contributed by atoms with Gasteiger partial charge in [-0.15, -0.1) is 0 Å². The van der Waals surface area contributed by atoms with E-state index in [-0.39, 0.29) is 18.2 Å². The normalized spacial score (nSPS) is 10.3. The summed E-state index contributed by atoms with van der Waals surface area (Å²) < 4.78 is 23.9. The second kappa shape index (κ2) is 6.39. The zero-order valence-electron chi connectivity index (χ0n) is 12.3. The number of halogens is 1. The maximum absolute atomic E-state index is 13.4. The van der Waals surface area contributed by atoms with Gasteiger partial charge in [-0.2, -0.15) is 0 Å². The van der Waals surface area contributed by atoms with Crippen LogP contribution in [0.3, 0.4) is 0 Å². The molecule has 0 amide bonds. The average molecular weight is 288 g/mol. The Labute approximate surface area is 123 Å². The van der Waals surface area contributed by atoms with Crippen LogP contribution in [0.1, 0.15) is 21.5 Å². The molecule has 0 unspecified atom stereocenters. The lowest BCUT2D eigenvalue weighted by atomic mass is 10.1. The van der Waals surface area contributed by atoms with Gasteiger partial charge < -0.3 is 9.47 Å². The minimum Gasteiger partial charge on any atom is -0.496 e. The molecular weight excluding hydrogens is 271 g/mol.